The van der Waals surface area contributed by atoms with Gasteiger partial charge in [-0.15, -0.1) is 5.92 Å². The minimum Gasteiger partial charge on any atom is -0.358 e. The quantitative estimate of drug-likeness (QED) is 0.708. The van der Waals surface area contributed by atoms with Gasteiger partial charge in [0.15, 0.2) is 0 Å². The van der Waals surface area contributed by atoms with Crippen LogP contribution < -0.4 is 4.90 Å². The van der Waals surface area contributed by atoms with E-state index in [0.29, 0.717) is 38.2 Å². The molecule has 160 valence electrons. The number of carbonyl (C=O) groups is 1. The summed E-state index contributed by atoms with van der Waals surface area (Å²) in [5.41, 5.74) is -0.125. The van der Waals surface area contributed by atoms with Gasteiger partial charge in [-0.1, -0.05) is 12.0 Å². The number of urea groups is 1. The Bertz CT molecular complexity index is 908. The van der Waals surface area contributed by atoms with E-state index in [0.717, 1.165) is 18.8 Å². The molecule has 4 rings (SSSR count). The smallest absolute Gasteiger partial charge is 0.350 e. The van der Waals surface area contributed by atoms with Crippen LogP contribution in [-0.2, 0) is 0 Å². The minimum atomic E-state index is -0.647. The second-order valence-corrected chi connectivity index (χ2v) is 8.52. The average molecular weight is 415 g/mol. The van der Waals surface area contributed by atoms with Gasteiger partial charge >= 0.3 is 6.03 Å². The van der Waals surface area contributed by atoms with Gasteiger partial charge < -0.3 is 4.90 Å². The van der Waals surface area contributed by atoms with Crippen molar-refractivity contribution in [3.63, 3.8) is 0 Å². The van der Waals surface area contributed by atoms with Gasteiger partial charge in [0.05, 0.1) is 13.2 Å². The first-order valence-corrected chi connectivity index (χ1v) is 10.6. The number of rotatable bonds is 3. The Balaban J connectivity index is 1.71. The lowest BCUT2D eigenvalue weighted by atomic mass is 9.80. The molecule has 1 aromatic rings. The molecule has 0 saturated carbocycles. The zero-order valence-corrected chi connectivity index (χ0v) is 17.6. The largest absolute Gasteiger partial charge is 0.358 e. The van der Waals surface area contributed by atoms with Crippen molar-refractivity contribution in [1.29, 1.82) is 0 Å². The van der Waals surface area contributed by atoms with Crippen molar-refractivity contribution in [1.82, 2.24) is 9.80 Å². The Morgan fingerprint density at radius 3 is 2.83 bits per heavy atom. The number of anilines is 1. The average Bonchev–Trinajstić information content (AvgIpc) is 3.30. The zero-order valence-electron chi connectivity index (χ0n) is 17.6. The predicted molar refractivity (Wildman–Crippen MR) is 114 cm³/mol. The predicted octanol–water partition coefficient (Wildman–Crippen LogP) is 3.70. The first kappa shape index (κ1) is 20.8. The summed E-state index contributed by atoms with van der Waals surface area (Å²) in [5.74, 6) is 6.39. The maximum atomic E-state index is 14.0. The molecule has 0 aromatic heterocycles. The van der Waals surface area contributed by atoms with E-state index in [-0.39, 0.29) is 30.5 Å². The number of benzene rings is 1. The van der Waals surface area contributed by atoms with Crippen molar-refractivity contribution in [3.8, 4) is 11.8 Å². The van der Waals surface area contributed by atoms with Crippen molar-refractivity contribution in [2.24, 2.45) is 10.9 Å². The van der Waals surface area contributed by atoms with Crippen LogP contribution >= 0.6 is 0 Å². The van der Waals surface area contributed by atoms with Crippen LogP contribution in [0.2, 0.25) is 0 Å². The van der Waals surface area contributed by atoms with Crippen LogP contribution in [0.15, 0.2) is 29.3 Å². The number of amidine groups is 1. The number of piperidine rings is 1. The highest BCUT2D eigenvalue weighted by Gasteiger charge is 2.55. The fourth-order valence-electron chi connectivity index (χ4n) is 5.11. The van der Waals surface area contributed by atoms with Gasteiger partial charge in [-0.25, -0.2) is 9.18 Å². The number of amides is 2. The number of alkyl halides is 1. The molecule has 30 heavy (non-hydrogen) atoms. The molecule has 1 unspecified atom stereocenters. The van der Waals surface area contributed by atoms with Crippen LogP contribution in [-0.4, -0.2) is 66.1 Å². The standard InChI is InChI=1S/C23H28F2N4O/c1-3-4-10-27-12-9-23(14-17(27)2)21(28-11-8-18(15-24)16-28)26-22(30)29(23)20-7-5-6-19(25)13-20/h5-7,13,17-18H,8-12,14-16H2,1-2H3/t17-,18?,23-/m1/s1. The van der Waals surface area contributed by atoms with Crippen molar-refractivity contribution >= 4 is 17.6 Å². The van der Waals surface area contributed by atoms with E-state index < -0.39 is 5.54 Å². The highest BCUT2D eigenvalue weighted by atomic mass is 19.1. The summed E-state index contributed by atoms with van der Waals surface area (Å²) >= 11 is 0. The van der Waals surface area contributed by atoms with Crippen LogP contribution in [0.25, 0.3) is 0 Å². The Morgan fingerprint density at radius 1 is 1.33 bits per heavy atom. The van der Waals surface area contributed by atoms with Gasteiger partial charge in [0.2, 0.25) is 0 Å². The molecule has 2 saturated heterocycles. The number of hydrogen-bond donors (Lipinski definition) is 0. The summed E-state index contributed by atoms with van der Waals surface area (Å²) in [7, 11) is 0. The maximum absolute atomic E-state index is 14.0. The molecule has 7 heteroatoms. The molecule has 2 fully saturated rings. The van der Waals surface area contributed by atoms with E-state index >= 15 is 0 Å². The van der Waals surface area contributed by atoms with Crippen LogP contribution in [0, 0.1) is 23.6 Å². The molecular weight excluding hydrogens is 386 g/mol. The number of hydrogen-bond acceptors (Lipinski definition) is 3. The zero-order chi connectivity index (χ0) is 21.3. The lowest BCUT2D eigenvalue weighted by Crippen LogP contribution is -2.63. The minimum absolute atomic E-state index is 0.0274. The highest BCUT2D eigenvalue weighted by Crippen LogP contribution is 2.43. The van der Waals surface area contributed by atoms with Crippen LogP contribution in [0.4, 0.5) is 19.3 Å². The van der Waals surface area contributed by atoms with Crippen LogP contribution in [0.1, 0.15) is 33.1 Å². The lowest BCUT2D eigenvalue weighted by Gasteiger charge is -2.49. The summed E-state index contributed by atoms with van der Waals surface area (Å²) in [6.45, 7) is 6.31. The Labute approximate surface area is 176 Å². The van der Waals surface area contributed by atoms with Crippen LogP contribution in [0.3, 0.4) is 0 Å². The first-order valence-electron chi connectivity index (χ1n) is 10.6. The monoisotopic (exact) mass is 414 g/mol. The molecule has 0 N–H and O–H groups in total. The number of likely N-dealkylation sites (tertiary alicyclic amines) is 2. The molecule has 0 aliphatic carbocycles. The third-order valence-corrected chi connectivity index (χ3v) is 6.64. The molecule has 2 amide bonds. The summed E-state index contributed by atoms with van der Waals surface area (Å²) < 4.78 is 27.3. The van der Waals surface area contributed by atoms with Gasteiger partial charge in [0.1, 0.15) is 17.2 Å². The molecule has 5 nitrogen and oxygen atoms in total. The topological polar surface area (TPSA) is 39.1 Å². The van der Waals surface area contributed by atoms with E-state index in [1.54, 1.807) is 17.0 Å². The summed E-state index contributed by atoms with van der Waals surface area (Å²) in [4.78, 5) is 23.6. The molecule has 1 spiro atoms. The molecule has 3 atom stereocenters. The number of aliphatic imine (C=N–C) groups is 1. The molecule has 3 aliphatic heterocycles. The second kappa shape index (κ2) is 8.35. The van der Waals surface area contributed by atoms with E-state index in [2.05, 4.69) is 33.6 Å². The van der Waals surface area contributed by atoms with E-state index in [9.17, 15) is 13.6 Å². The lowest BCUT2D eigenvalue weighted by molar-refractivity contribution is 0.142. The summed E-state index contributed by atoms with van der Waals surface area (Å²) in [6, 6.07) is 5.95. The van der Waals surface area contributed by atoms with E-state index in [4.69, 9.17) is 0 Å². The Kier molecular flexibility index (Phi) is 5.79. The number of halogens is 2. The molecule has 3 aliphatic rings. The fourth-order valence-corrected chi connectivity index (χ4v) is 5.11. The van der Waals surface area contributed by atoms with E-state index in [1.165, 1.54) is 12.1 Å². The Morgan fingerprint density at radius 2 is 2.17 bits per heavy atom. The molecule has 0 bridgehead atoms. The van der Waals surface area contributed by atoms with E-state index in [1.807, 2.05) is 6.92 Å². The van der Waals surface area contributed by atoms with Gasteiger partial charge in [0, 0.05) is 37.3 Å². The van der Waals surface area contributed by atoms with Gasteiger partial charge in [-0.3, -0.25) is 14.2 Å². The third-order valence-electron chi connectivity index (χ3n) is 6.64. The highest BCUT2D eigenvalue weighted by molar-refractivity contribution is 6.16. The molecular formula is C23H28F2N4O. The normalized spacial score (nSPS) is 29.3. The second-order valence-electron chi connectivity index (χ2n) is 8.52. The molecule has 1 aromatic carbocycles. The van der Waals surface area contributed by atoms with Crippen molar-refractivity contribution < 1.29 is 13.6 Å². The summed E-state index contributed by atoms with van der Waals surface area (Å²) in [6.07, 6.45) is 2.12. The van der Waals surface area contributed by atoms with Gasteiger partial charge in [-0.2, -0.15) is 4.99 Å². The summed E-state index contributed by atoms with van der Waals surface area (Å²) in [5, 5.41) is 0. The van der Waals surface area contributed by atoms with Crippen molar-refractivity contribution in [2.45, 2.75) is 44.7 Å². The number of nitrogens with zero attached hydrogens (tertiary/aromatic N) is 4. The first-order chi connectivity index (χ1) is 14.5. The fraction of sp³-hybridized carbons (Fsp3) is 0.565. The van der Waals surface area contributed by atoms with Gasteiger partial charge in [0.25, 0.3) is 0 Å². The van der Waals surface area contributed by atoms with Crippen molar-refractivity contribution in [3.05, 3.63) is 30.1 Å². The molecule has 0 radical (unpaired) electrons. The SMILES string of the molecule is CC#CCN1CC[C@@]2(C[C@H]1C)C(N1CCC(CF)C1)=NC(=O)N2c1cccc(F)c1. The van der Waals surface area contributed by atoms with Crippen LogP contribution in [0.5, 0.6) is 0 Å². The third kappa shape index (κ3) is 3.58. The number of carbonyl (C=O) groups excluding carboxylic acids is 1. The Hall–Kier alpha value is -2.46. The maximum Gasteiger partial charge on any atom is 0.350 e. The van der Waals surface area contributed by atoms with Crippen molar-refractivity contribution in [2.75, 3.05) is 37.8 Å². The van der Waals surface area contributed by atoms with Gasteiger partial charge in [-0.05, 0) is 51.3 Å². The molecule has 3 heterocycles.